The topological polar surface area (TPSA) is 185 Å². The second kappa shape index (κ2) is 11.4. The molecule has 2 aliphatic rings. The molecule has 1 fully saturated rings. The molecule has 0 bridgehead atoms. The number of hydrogen-bond donors (Lipinski definition) is 2. The van der Waals surface area contributed by atoms with E-state index in [1.54, 1.807) is 20.8 Å². The van der Waals surface area contributed by atoms with Crippen molar-refractivity contribution in [2.45, 2.75) is 44.3 Å². The third-order valence-corrected chi connectivity index (χ3v) is 8.21. The molecule has 0 aromatic carbocycles. The summed E-state index contributed by atoms with van der Waals surface area (Å²) < 4.78 is 8.94. The molecular formula is C26H27N7O7S2. The number of carboxylic acids is 1. The van der Waals surface area contributed by atoms with Gasteiger partial charge in [0.25, 0.3) is 17.5 Å². The fraction of sp³-hybridized carbons (Fsp3) is 0.346. The van der Waals surface area contributed by atoms with Gasteiger partial charge in [-0.1, -0.05) is 11.2 Å². The zero-order valence-electron chi connectivity index (χ0n) is 22.8. The third kappa shape index (κ3) is 5.94. The van der Waals surface area contributed by atoms with Crippen molar-refractivity contribution in [1.82, 2.24) is 19.6 Å². The number of fused-ring (bicyclic) bond motifs is 2. The van der Waals surface area contributed by atoms with Crippen LogP contribution in [-0.2, 0) is 35.3 Å². The molecule has 3 N–H and O–H groups in total. The number of nitrogen functional groups attached to an aromatic ring is 1. The molecule has 1 saturated heterocycles. The third-order valence-electron chi connectivity index (χ3n) is 6.20. The van der Waals surface area contributed by atoms with Crippen molar-refractivity contribution in [3.63, 3.8) is 0 Å². The Balaban J connectivity index is 1.32. The molecule has 3 aromatic heterocycles. The Morgan fingerprint density at radius 2 is 2.07 bits per heavy atom. The molecule has 2 amide bonds. The van der Waals surface area contributed by atoms with Gasteiger partial charge >= 0.3 is 5.97 Å². The number of pyridine rings is 1. The van der Waals surface area contributed by atoms with Crippen molar-refractivity contribution in [2.24, 2.45) is 5.16 Å². The van der Waals surface area contributed by atoms with Crippen molar-refractivity contribution < 1.29 is 38.4 Å². The molecule has 0 unspecified atom stereocenters. The number of carbonyl (C=O) groups is 4. The first-order valence-corrected chi connectivity index (χ1v) is 14.6. The van der Waals surface area contributed by atoms with Crippen LogP contribution in [0.5, 0.6) is 0 Å². The summed E-state index contributed by atoms with van der Waals surface area (Å²) in [5.74, 6) is -3.31. The van der Waals surface area contributed by atoms with E-state index in [2.05, 4.69) is 15.5 Å². The van der Waals surface area contributed by atoms with E-state index in [-0.39, 0.29) is 28.8 Å². The number of aliphatic carboxylic acids is 1. The van der Waals surface area contributed by atoms with E-state index in [1.807, 2.05) is 45.8 Å². The lowest BCUT2D eigenvalue weighted by Gasteiger charge is -2.50. The lowest BCUT2D eigenvalue weighted by molar-refractivity contribution is -0.662. The number of aromatic nitrogens is 3. The molecule has 42 heavy (non-hydrogen) atoms. The van der Waals surface area contributed by atoms with Crippen LogP contribution in [0.4, 0.5) is 5.13 Å². The van der Waals surface area contributed by atoms with E-state index in [0.717, 1.165) is 21.9 Å². The lowest BCUT2D eigenvalue weighted by atomic mass is 10.0. The highest BCUT2D eigenvalue weighted by Gasteiger charge is 2.53. The van der Waals surface area contributed by atoms with Crippen molar-refractivity contribution >= 4 is 63.3 Å². The average Bonchev–Trinajstić information content (AvgIpc) is 3.54. The van der Waals surface area contributed by atoms with Gasteiger partial charge in [-0.2, -0.15) is 0 Å². The fourth-order valence-electron chi connectivity index (χ4n) is 4.51. The largest absolute Gasteiger partial charge is 0.543 e. The maximum absolute atomic E-state index is 13.3. The van der Waals surface area contributed by atoms with E-state index in [9.17, 15) is 24.3 Å². The minimum atomic E-state index is -1.48. The zero-order valence-corrected chi connectivity index (χ0v) is 24.4. The SMILES string of the molecule is CC(C)(C)OC(=O)CO/N=C(\C(=O)N[C@@H]1C(=O)N2C(C(=O)[O-])=C(C[n+]3ccn4ccccc43)CS[C@H]12)c1csc(N)n1. The Labute approximate surface area is 247 Å². The Bertz CT molecular complexity index is 1640. The Morgan fingerprint density at radius 1 is 1.29 bits per heavy atom. The van der Waals surface area contributed by atoms with Gasteiger partial charge in [-0.25, -0.2) is 18.7 Å². The van der Waals surface area contributed by atoms with Gasteiger partial charge in [-0.15, -0.1) is 23.1 Å². The van der Waals surface area contributed by atoms with Crippen LogP contribution in [-0.4, -0.2) is 73.1 Å². The van der Waals surface area contributed by atoms with Crippen LogP contribution in [0.3, 0.4) is 0 Å². The molecule has 3 aromatic rings. The molecule has 2 atom stereocenters. The number of oxime groups is 1. The Kier molecular flexibility index (Phi) is 7.92. The monoisotopic (exact) mass is 613 g/mol. The number of thiazole rings is 1. The quantitative estimate of drug-likeness (QED) is 0.104. The number of nitrogens with zero attached hydrogens (tertiary/aromatic N) is 5. The first-order valence-electron chi connectivity index (χ1n) is 12.7. The molecule has 0 saturated carbocycles. The minimum absolute atomic E-state index is 0.0774. The molecule has 14 nitrogen and oxygen atoms in total. The summed E-state index contributed by atoms with van der Waals surface area (Å²) in [6, 6.07) is 4.60. The molecule has 16 heteroatoms. The fourth-order valence-corrected chi connectivity index (χ4v) is 6.39. The summed E-state index contributed by atoms with van der Waals surface area (Å²) in [5.41, 5.74) is 5.88. The number of β-lactam (4-membered cyclic amide) rings is 1. The van der Waals surface area contributed by atoms with E-state index in [0.29, 0.717) is 11.3 Å². The summed E-state index contributed by atoms with van der Waals surface area (Å²) in [6.07, 6.45) is 5.54. The van der Waals surface area contributed by atoms with Gasteiger partial charge < -0.3 is 30.5 Å². The van der Waals surface area contributed by atoms with E-state index >= 15 is 0 Å². The number of esters is 1. The van der Waals surface area contributed by atoms with Gasteiger partial charge in [0.15, 0.2) is 10.8 Å². The minimum Gasteiger partial charge on any atom is -0.543 e. The summed E-state index contributed by atoms with van der Waals surface area (Å²) in [4.78, 5) is 60.9. The van der Waals surface area contributed by atoms with Crippen molar-refractivity contribution in [3.05, 3.63) is 59.1 Å². The van der Waals surface area contributed by atoms with Crippen molar-refractivity contribution in [1.29, 1.82) is 0 Å². The van der Waals surface area contributed by atoms with Gasteiger partial charge in [0, 0.05) is 22.8 Å². The lowest BCUT2D eigenvalue weighted by Crippen LogP contribution is -2.71. The van der Waals surface area contributed by atoms with Gasteiger partial charge in [0.05, 0.1) is 17.9 Å². The maximum Gasteiger partial charge on any atom is 0.347 e. The molecule has 5 rings (SSSR count). The number of amides is 2. The number of ether oxygens (including phenoxy) is 1. The first-order chi connectivity index (χ1) is 19.9. The number of nitrogens with two attached hydrogens (primary N) is 1. The van der Waals surface area contributed by atoms with Crippen LogP contribution in [0.2, 0.25) is 0 Å². The maximum atomic E-state index is 13.3. The molecule has 220 valence electrons. The average molecular weight is 614 g/mol. The second-order valence-corrected chi connectivity index (χ2v) is 12.4. The number of thioether (sulfide) groups is 1. The number of rotatable bonds is 9. The number of imidazole rings is 1. The highest BCUT2D eigenvalue weighted by Crippen LogP contribution is 2.40. The highest BCUT2D eigenvalue weighted by molar-refractivity contribution is 8.00. The van der Waals surface area contributed by atoms with Gasteiger partial charge in [0.1, 0.15) is 41.6 Å². The predicted molar refractivity (Wildman–Crippen MR) is 150 cm³/mol. The van der Waals surface area contributed by atoms with Crippen LogP contribution >= 0.6 is 23.1 Å². The number of nitrogens with one attached hydrogen (secondary N) is 1. The van der Waals surface area contributed by atoms with Crippen LogP contribution in [0.15, 0.2) is 58.6 Å². The van der Waals surface area contributed by atoms with E-state index in [1.165, 1.54) is 17.1 Å². The van der Waals surface area contributed by atoms with Crippen molar-refractivity contribution in [2.75, 3.05) is 18.1 Å². The molecule has 5 heterocycles. The van der Waals surface area contributed by atoms with Gasteiger partial charge in [-0.05, 0) is 26.8 Å². The van der Waals surface area contributed by atoms with Crippen molar-refractivity contribution in [3.8, 4) is 0 Å². The van der Waals surface area contributed by atoms with Gasteiger partial charge in [0.2, 0.25) is 6.61 Å². The van der Waals surface area contributed by atoms with Crippen LogP contribution in [0, 0.1) is 0 Å². The number of carbonyl (C=O) groups excluding carboxylic acids is 4. The first kappa shape index (κ1) is 29.1. The van der Waals surface area contributed by atoms with Gasteiger partial charge in [-0.3, -0.25) is 14.5 Å². The molecule has 0 radical (unpaired) electrons. The van der Waals surface area contributed by atoms with Crippen LogP contribution in [0.1, 0.15) is 26.5 Å². The second-order valence-electron chi connectivity index (χ2n) is 10.4. The number of anilines is 1. The Hall–Kier alpha value is -4.44. The highest BCUT2D eigenvalue weighted by atomic mass is 32.2. The standard InChI is InChI=1S/C26H27N7O7S2/c1-26(2,3)40-17(34)11-39-30-18(15-13-42-25(27)28-15)21(35)29-19-22(36)33-20(24(37)38)14(12-41-23(19)33)10-32-9-8-31-7-5-4-6-16(31)32/h4-9,13,19,23H,10-12H2,1-3H3,(H3-,27,28,29,35,37,38)/b30-18-/t19-,23-/m1/s1. The number of hydrogen-bond acceptors (Lipinski definition) is 12. The summed E-state index contributed by atoms with van der Waals surface area (Å²) >= 11 is 2.38. The van der Waals surface area contributed by atoms with E-state index < -0.39 is 47.4 Å². The summed E-state index contributed by atoms with van der Waals surface area (Å²) in [7, 11) is 0. The number of carboxylic acid groups (broad SMARTS) is 1. The Morgan fingerprint density at radius 3 is 2.76 bits per heavy atom. The molecule has 2 aliphatic heterocycles. The normalized spacial score (nSPS) is 18.9. The smallest absolute Gasteiger partial charge is 0.347 e. The summed E-state index contributed by atoms with van der Waals surface area (Å²) in [5, 5.41) is 19.5. The molecule has 0 spiro atoms. The van der Waals surface area contributed by atoms with Crippen LogP contribution in [0.25, 0.3) is 5.65 Å². The molecular weight excluding hydrogens is 586 g/mol. The summed E-state index contributed by atoms with van der Waals surface area (Å²) in [6.45, 7) is 4.75. The van der Waals surface area contributed by atoms with Crippen LogP contribution < -0.4 is 20.7 Å². The molecule has 0 aliphatic carbocycles. The van der Waals surface area contributed by atoms with E-state index in [4.69, 9.17) is 15.3 Å². The zero-order chi connectivity index (χ0) is 30.2. The predicted octanol–water partition coefficient (Wildman–Crippen LogP) is -0.568.